The number of hydrogen-bond acceptors (Lipinski definition) is 3. The summed E-state index contributed by atoms with van der Waals surface area (Å²) in [5.74, 6) is 0.0148. The van der Waals surface area contributed by atoms with Crippen molar-refractivity contribution in [1.82, 2.24) is 9.88 Å². The van der Waals surface area contributed by atoms with Crippen molar-refractivity contribution < 1.29 is 4.79 Å². The van der Waals surface area contributed by atoms with E-state index in [0.29, 0.717) is 5.69 Å². The van der Waals surface area contributed by atoms with Crippen molar-refractivity contribution in [2.75, 3.05) is 25.5 Å². The standard InChI is InChI=1S/C17H23N3O/c1-4-10-20(11-5-2)17(21)16-12-15(18-3)13-8-6-7-9-14(13)19-16/h6-9,12H,4-5,10-11H2,1-3H3,(H,18,19). The molecule has 4 heteroatoms. The third-order valence-corrected chi connectivity index (χ3v) is 3.48. The molecule has 4 nitrogen and oxygen atoms in total. The first-order valence-electron chi connectivity index (χ1n) is 7.58. The summed E-state index contributed by atoms with van der Waals surface area (Å²) in [7, 11) is 1.87. The molecule has 0 aliphatic rings. The Morgan fingerprint density at radius 3 is 2.48 bits per heavy atom. The molecule has 21 heavy (non-hydrogen) atoms. The van der Waals surface area contributed by atoms with Crippen LogP contribution in [0.5, 0.6) is 0 Å². The van der Waals surface area contributed by atoms with Crippen LogP contribution >= 0.6 is 0 Å². The highest BCUT2D eigenvalue weighted by atomic mass is 16.2. The number of nitrogens with zero attached hydrogens (tertiary/aromatic N) is 2. The minimum Gasteiger partial charge on any atom is -0.388 e. The highest BCUT2D eigenvalue weighted by Crippen LogP contribution is 2.23. The number of nitrogens with one attached hydrogen (secondary N) is 1. The molecule has 2 rings (SSSR count). The maximum Gasteiger partial charge on any atom is 0.272 e. The van der Waals surface area contributed by atoms with Crippen LogP contribution in [0, 0.1) is 0 Å². The molecule has 0 fully saturated rings. The lowest BCUT2D eigenvalue weighted by atomic mass is 10.1. The fourth-order valence-electron chi connectivity index (χ4n) is 2.51. The number of aromatic nitrogens is 1. The lowest BCUT2D eigenvalue weighted by molar-refractivity contribution is 0.0750. The third kappa shape index (κ3) is 3.32. The molecule has 1 amide bonds. The van der Waals surface area contributed by atoms with Gasteiger partial charge in [-0.25, -0.2) is 4.98 Å². The number of anilines is 1. The van der Waals surface area contributed by atoms with Gasteiger partial charge in [0.05, 0.1) is 5.52 Å². The summed E-state index contributed by atoms with van der Waals surface area (Å²) in [6, 6.07) is 9.73. The van der Waals surface area contributed by atoms with Gasteiger partial charge >= 0.3 is 0 Å². The van der Waals surface area contributed by atoms with E-state index in [1.807, 2.05) is 42.3 Å². The van der Waals surface area contributed by atoms with Crippen molar-refractivity contribution in [3.63, 3.8) is 0 Å². The van der Waals surface area contributed by atoms with E-state index < -0.39 is 0 Å². The van der Waals surface area contributed by atoms with Gasteiger partial charge in [0.1, 0.15) is 5.69 Å². The Morgan fingerprint density at radius 1 is 1.19 bits per heavy atom. The SMILES string of the molecule is CCCN(CCC)C(=O)c1cc(NC)c2ccccc2n1. The molecule has 0 saturated carbocycles. The number of hydrogen-bond donors (Lipinski definition) is 1. The Labute approximate surface area is 126 Å². The zero-order valence-electron chi connectivity index (χ0n) is 13.0. The van der Waals surface area contributed by atoms with Crippen molar-refractivity contribution in [2.24, 2.45) is 0 Å². The molecule has 1 heterocycles. The second kappa shape index (κ2) is 7.07. The molecule has 0 aliphatic heterocycles. The van der Waals surface area contributed by atoms with Crippen molar-refractivity contribution in [3.05, 3.63) is 36.0 Å². The van der Waals surface area contributed by atoms with Gasteiger partial charge in [0.2, 0.25) is 0 Å². The number of pyridine rings is 1. The lowest BCUT2D eigenvalue weighted by Gasteiger charge is -2.21. The monoisotopic (exact) mass is 285 g/mol. The number of fused-ring (bicyclic) bond motifs is 1. The summed E-state index contributed by atoms with van der Waals surface area (Å²) in [6.45, 7) is 5.72. The van der Waals surface area contributed by atoms with Crippen LogP contribution in [-0.2, 0) is 0 Å². The van der Waals surface area contributed by atoms with Crippen molar-refractivity contribution >= 4 is 22.5 Å². The van der Waals surface area contributed by atoms with E-state index in [0.717, 1.165) is 42.5 Å². The molecule has 0 spiro atoms. The summed E-state index contributed by atoms with van der Waals surface area (Å²) in [6.07, 6.45) is 1.91. The van der Waals surface area contributed by atoms with Gasteiger partial charge in [-0.15, -0.1) is 0 Å². The zero-order chi connectivity index (χ0) is 15.2. The number of para-hydroxylation sites is 1. The highest BCUT2D eigenvalue weighted by molar-refractivity contribution is 5.99. The number of rotatable bonds is 6. The van der Waals surface area contributed by atoms with Crippen molar-refractivity contribution in [1.29, 1.82) is 0 Å². The van der Waals surface area contributed by atoms with Crippen LogP contribution in [-0.4, -0.2) is 35.9 Å². The van der Waals surface area contributed by atoms with E-state index in [-0.39, 0.29) is 5.91 Å². The van der Waals surface area contributed by atoms with E-state index in [1.54, 1.807) is 0 Å². The Bertz CT molecular complexity index is 618. The van der Waals surface area contributed by atoms with Gasteiger partial charge in [-0.1, -0.05) is 32.0 Å². The Hall–Kier alpha value is -2.10. The molecule has 1 aromatic carbocycles. The van der Waals surface area contributed by atoms with Gasteiger partial charge < -0.3 is 10.2 Å². The fraction of sp³-hybridized carbons (Fsp3) is 0.412. The van der Waals surface area contributed by atoms with E-state index in [2.05, 4.69) is 24.1 Å². The Balaban J connectivity index is 2.43. The molecule has 2 aromatic rings. The van der Waals surface area contributed by atoms with E-state index in [9.17, 15) is 4.79 Å². The predicted molar refractivity (Wildman–Crippen MR) is 87.8 cm³/mol. The first kappa shape index (κ1) is 15.3. The van der Waals surface area contributed by atoms with Crippen LogP contribution in [0.4, 0.5) is 5.69 Å². The van der Waals surface area contributed by atoms with E-state index in [1.165, 1.54) is 0 Å². The summed E-state index contributed by atoms with van der Waals surface area (Å²) in [5.41, 5.74) is 2.30. The molecular formula is C17H23N3O. The smallest absolute Gasteiger partial charge is 0.272 e. The minimum atomic E-state index is 0.0148. The van der Waals surface area contributed by atoms with Crippen LogP contribution in [0.3, 0.4) is 0 Å². The predicted octanol–water partition coefficient (Wildman–Crippen LogP) is 3.54. The van der Waals surface area contributed by atoms with Gasteiger partial charge in [-0.2, -0.15) is 0 Å². The van der Waals surface area contributed by atoms with E-state index in [4.69, 9.17) is 0 Å². The fourth-order valence-corrected chi connectivity index (χ4v) is 2.51. The van der Waals surface area contributed by atoms with Crippen LogP contribution in [0.15, 0.2) is 30.3 Å². The first-order valence-corrected chi connectivity index (χ1v) is 7.58. The van der Waals surface area contributed by atoms with Crippen LogP contribution < -0.4 is 5.32 Å². The number of benzene rings is 1. The maximum atomic E-state index is 12.7. The third-order valence-electron chi connectivity index (χ3n) is 3.48. The Kier molecular flexibility index (Phi) is 5.14. The summed E-state index contributed by atoms with van der Waals surface area (Å²) < 4.78 is 0. The van der Waals surface area contributed by atoms with Crippen molar-refractivity contribution in [2.45, 2.75) is 26.7 Å². The van der Waals surface area contributed by atoms with Crippen LogP contribution in [0.25, 0.3) is 10.9 Å². The van der Waals surface area contributed by atoms with Crippen molar-refractivity contribution in [3.8, 4) is 0 Å². The molecule has 0 atom stereocenters. The van der Waals surface area contributed by atoms with Crippen LogP contribution in [0.2, 0.25) is 0 Å². The second-order valence-corrected chi connectivity index (χ2v) is 5.11. The Morgan fingerprint density at radius 2 is 1.86 bits per heavy atom. The molecule has 0 radical (unpaired) electrons. The summed E-state index contributed by atoms with van der Waals surface area (Å²) in [5, 5.41) is 4.19. The largest absolute Gasteiger partial charge is 0.388 e. The quantitative estimate of drug-likeness (QED) is 0.883. The van der Waals surface area contributed by atoms with Gasteiger partial charge in [0, 0.05) is 31.2 Å². The molecule has 0 aliphatic carbocycles. The molecule has 112 valence electrons. The molecule has 0 unspecified atom stereocenters. The highest BCUT2D eigenvalue weighted by Gasteiger charge is 2.17. The summed E-state index contributed by atoms with van der Waals surface area (Å²) in [4.78, 5) is 19.1. The van der Waals surface area contributed by atoms with Gasteiger partial charge in [-0.05, 0) is 25.0 Å². The van der Waals surface area contributed by atoms with Crippen LogP contribution in [0.1, 0.15) is 37.2 Å². The van der Waals surface area contributed by atoms with Gasteiger partial charge in [-0.3, -0.25) is 4.79 Å². The molecule has 1 aromatic heterocycles. The molecule has 0 saturated heterocycles. The first-order chi connectivity index (χ1) is 10.2. The molecule has 1 N–H and O–H groups in total. The average Bonchev–Trinajstić information content (AvgIpc) is 2.52. The zero-order valence-corrected chi connectivity index (χ0v) is 13.0. The number of amides is 1. The minimum absolute atomic E-state index is 0.0148. The second-order valence-electron chi connectivity index (χ2n) is 5.11. The normalized spacial score (nSPS) is 10.6. The number of carbonyl (C=O) groups is 1. The number of carbonyl (C=O) groups excluding carboxylic acids is 1. The average molecular weight is 285 g/mol. The van der Waals surface area contributed by atoms with E-state index >= 15 is 0 Å². The van der Waals surface area contributed by atoms with Gasteiger partial charge in [0.15, 0.2) is 0 Å². The maximum absolute atomic E-state index is 12.7. The lowest BCUT2D eigenvalue weighted by Crippen LogP contribution is -2.33. The summed E-state index contributed by atoms with van der Waals surface area (Å²) >= 11 is 0. The van der Waals surface area contributed by atoms with Gasteiger partial charge in [0.25, 0.3) is 5.91 Å². The molecule has 0 bridgehead atoms. The molecular weight excluding hydrogens is 262 g/mol. The topological polar surface area (TPSA) is 45.2 Å².